The van der Waals surface area contributed by atoms with E-state index in [0.717, 1.165) is 71.0 Å². The molecule has 0 aliphatic carbocycles. The Kier molecular flexibility index (Phi) is 12.8. The van der Waals surface area contributed by atoms with E-state index in [1.54, 1.807) is 0 Å². The molecule has 4 aliphatic heterocycles. The highest BCUT2D eigenvalue weighted by atomic mass is 16.5. The summed E-state index contributed by atoms with van der Waals surface area (Å²) in [5, 5.41) is 5.62. The summed E-state index contributed by atoms with van der Waals surface area (Å²) in [7, 11) is 2.61. The maximum atomic E-state index is 14.0. The van der Waals surface area contributed by atoms with Gasteiger partial charge in [0, 0.05) is 39.5 Å². The Morgan fingerprint density at radius 3 is 1.33 bits per heavy atom. The van der Waals surface area contributed by atoms with Crippen LogP contribution in [0.4, 0.5) is 9.59 Å². The predicted molar refractivity (Wildman–Crippen MR) is 220 cm³/mol. The molecule has 318 valence electrons. The van der Waals surface area contributed by atoms with Crippen LogP contribution in [-0.2, 0) is 28.5 Å². The molecule has 2 aromatic carbocycles. The van der Waals surface area contributed by atoms with E-state index in [1.165, 1.54) is 14.2 Å². The lowest BCUT2D eigenvalue weighted by Gasteiger charge is -2.34. The fourth-order valence-electron chi connectivity index (χ4n) is 9.21. The van der Waals surface area contributed by atoms with E-state index >= 15 is 0 Å². The van der Waals surface area contributed by atoms with Crippen LogP contribution in [-0.4, -0.2) is 120 Å². The quantitative estimate of drug-likeness (QED) is 0.145. The smallest absolute Gasteiger partial charge is 0.407 e. The van der Waals surface area contributed by atoms with E-state index in [2.05, 4.69) is 69.1 Å². The summed E-state index contributed by atoms with van der Waals surface area (Å²) in [5.41, 5.74) is 5.77. The van der Waals surface area contributed by atoms with Gasteiger partial charge in [-0.3, -0.25) is 9.59 Å². The van der Waals surface area contributed by atoms with Gasteiger partial charge in [-0.1, -0.05) is 48.5 Å². The molecular formula is C44H54N8O8. The van der Waals surface area contributed by atoms with Gasteiger partial charge in [0.05, 0.1) is 50.1 Å². The van der Waals surface area contributed by atoms with Gasteiger partial charge in [-0.05, 0) is 85.5 Å². The highest BCUT2D eigenvalue weighted by Gasteiger charge is 2.41. The molecule has 60 heavy (non-hydrogen) atoms. The first-order valence-corrected chi connectivity index (χ1v) is 21.1. The number of methoxy groups -OCH3 is 2. The van der Waals surface area contributed by atoms with Gasteiger partial charge in [-0.2, -0.15) is 0 Å². The number of rotatable bonds is 11. The second kappa shape index (κ2) is 18.7. The number of nitrogens with one attached hydrogen (secondary N) is 4. The molecule has 0 radical (unpaired) electrons. The second-order valence-corrected chi connectivity index (χ2v) is 16.0. The van der Waals surface area contributed by atoms with Crippen LogP contribution < -0.4 is 10.6 Å². The van der Waals surface area contributed by atoms with Crippen LogP contribution in [0.15, 0.2) is 60.9 Å². The number of benzene rings is 2. The van der Waals surface area contributed by atoms with Crippen LogP contribution in [0.25, 0.3) is 33.6 Å². The van der Waals surface area contributed by atoms with E-state index in [1.807, 2.05) is 22.2 Å². The molecule has 0 spiro atoms. The molecular weight excluding hydrogens is 769 g/mol. The topological polar surface area (TPSA) is 193 Å². The number of hydrogen-bond acceptors (Lipinski definition) is 10. The van der Waals surface area contributed by atoms with Gasteiger partial charge in [-0.25, -0.2) is 19.6 Å². The Morgan fingerprint density at radius 2 is 0.967 bits per heavy atom. The Balaban J connectivity index is 0.913. The van der Waals surface area contributed by atoms with Crippen molar-refractivity contribution in [1.29, 1.82) is 0 Å². The van der Waals surface area contributed by atoms with Gasteiger partial charge < -0.3 is 49.3 Å². The summed E-state index contributed by atoms with van der Waals surface area (Å²) in [6, 6.07) is 14.7. The number of ether oxygens (including phenoxy) is 4. The summed E-state index contributed by atoms with van der Waals surface area (Å²) in [5.74, 6) is 1.16. The lowest BCUT2D eigenvalue weighted by Crippen LogP contribution is -2.53. The zero-order valence-corrected chi connectivity index (χ0v) is 34.2. The molecule has 4 saturated heterocycles. The van der Waals surface area contributed by atoms with Gasteiger partial charge >= 0.3 is 12.2 Å². The molecule has 4 N–H and O–H groups in total. The van der Waals surface area contributed by atoms with Gasteiger partial charge in [-0.15, -0.1) is 0 Å². The fraction of sp³-hybridized carbons (Fsp3) is 0.500. The van der Waals surface area contributed by atoms with Crippen molar-refractivity contribution in [2.45, 2.75) is 75.5 Å². The van der Waals surface area contributed by atoms with E-state index < -0.39 is 24.3 Å². The Morgan fingerprint density at radius 1 is 0.600 bits per heavy atom. The molecule has 6 heterocycles. The molecule has 16 heteroatoms. The molecule has 4 amide bonds. The number of amides is 4. The maximum Gasteiger partial charge on any atom is 0.407 e. The van der Waals surface area contributed by atoms with E-state index in [9.17, 15) is 19.2 Å². The molecule has 8 rings (SSSR count). The third-order valence-electron chi connectivity index (χ3n) is 12.5. The van der Waals surface area contributed by atoms with Crippen molar-refractivity contribution in [2.75, 3.05) is 53.7 Å². The van der Waals surface area contributed by atoms with Gasteiger partial charge in [0.1, 0.15) is 23.7 Å². The third-order valence-corrected chi connectivity index (χ3v) is 12.5. The number of imidazole rings is 2. The van der Waals surface area contributed by atoms with Crippen LogP contribution >= 0.6 is 0 Å². The summed E-state index contributed by atoms with van der Waals surface area (Å²) < 4.78 is 20.8. The average Bonchev–Trinajstić information content (AvgIpc) is 4.15. The standard InChI is InChI=1S/C44H54N8O8/c1-57-43(55)49-37(31-15-21-59-22-16-31)41(53)51-19-3-5-35(51)39-45-25-33(47-39)29-11-7-27(8-12-29)28-9-13-30(14-10-28)34-26-46-40(48-34)36-6-4-20-52(36)42(54)38(50-44(56)58-2)32-17-23-60-24-18-32/h7-14,25-26,31-32,35-38H,3-6,15-24H2,1-2H3,(H,45,47)(H,46,48)(H,49,55)(H,50,56)/t35-,36?,37-,38-/m0/s1. The van der Waals surface area contributed by atoms with Gasteiger partial charge in [0.25, 0.3) is 0 Å². The molecule has 0 bridgehead atoms. The molecule has 0 saturated carbocycles. The van der Waals surface area contributed by atoms with Gasteiger partial charge in [0.2, 0.25) is 11.8 Å². The number of carbonyl (C=O) groups is 4. The van der Waals surface area contributed by atoms with Crippen LogP contribution in [0.2, 0.25) is 0 Å². The van der Waals surface area contributed by atoms with Crippen molar-refractivity contribution in [1.82, 2.24) is 40.4 Å². The molecule has 4 atom stereocenters. The molecule has 4 aliphatic rings. The number of alkyl carbamates (subject to hydrolysis) is 2. The van der Waals surface area contributed by atoms with E-state index in [0.29, 0.717) is 65.2 Å². The largest absolute Gasteiger partial charge is 0.453 e. The van der Waals surface area contributed by atoms with Crippen LogP contribution in [0.1, 0.15) is 75.1 Å². The summed E-state index contributed by atoms with van der Waals surface area (Å²) in [6.07, 6.45) is 8.40. The zero-order chi connectivity index (χ0) is 41.6. The first kappa shape index (κ1) is 41.0. The first-order chi connectivity index (χ1) is 29.3. The van der Waals surface area contributed by atoms with Crippen LogP contribution in [0.3, 0.4) is 0 Å². The van der Waals surface area contributed by atoms with Crippen LogP contribution in [0.5, 0.6) is 0 Å². The second-order valence-electron chi connectivity index (χ2n) is 16.0. The van der Waals surface area contributed by atoms with Crippen molar-refractivity contribution in [2.24, 2.45) is 11.8 Å². The van der Waals surface area contributed by atoms with Gasteiger partial charge in [0.15, 0.2) is 0 Å². The number of nitrogens with zero attached hydrogens (tertiary/aromatic N) is 4. The SMILES string of the molecule is COC(=O)N[C@H](C(=O)N1CCCC1c1ncc(-c2ccc(-c3ccc(-c4cnc([C@@H]5CCCN5C(=O)[C@@H](NC(=O)OC)C5CCOCC5)[nH]4)cc3)cc2)[nH]1)C1CCOCC1. The monoisotopic (exact) mass is 822 g/mol. The number of aromatic nitrogens is 4. The number of hydrogen-bond donors (Lipinski definition) is 4. The highest BCUT2D eigenvalue weighted by molar-refractivity contribution is 5.87. The van der Waals surface area contributed by atoms with Crippen molar-refractivity contribution in [3.63, 3.8) is 0 Å². The first-order valence-electron chi connectivity index (χ1n) is 21.1. The lowest BCUT2D eigenvalue weighted by molar-refractivity contribution is -0.137. The highest BCUT2D eigenvalue weighted by Crippen LogP contribution is 2.36. The Hall–Kier alpha value is -5.74. The zero-order valence-electron chi connectivity index (χ0n) is 34.2. The third kappa shape index (κ3) is 8.89. The van der Waals surface area contributed by atoms with Crippen molar-refractivity contribution >= 4 is 24.0 Å². The summed E-state index contributed by atoms with van der Waals surface area (Å²) in [6.45, 7) is 3.41. The predicted octanol–water partition coefficient (Wildman–Crippen LogP) is 5.76. The Labute approximate surface area is 349 Å². The van der Waals surface area contributed by atoms with Crippen molar-refractivity contribution < 1.29 is 38.1 Å². The number of likely N-dealkylation sites (tertiary alicyclic amines) is 2. The maximum absolute atomic E-state index is 14.0. The lowest BCUT2D eigenvalue weighted by atomic mass is 9.90. The average molecular weight is 823 g/mol. The van der Waals surface area contributed by atoms with Crippen molar-refractivity contribution in [3.05, 3.63) is 72.6 Å². The molecule has 1 unspecified atom stereocenters. The normalized spacial score (nSPS) is 21.0. The van der Waals surface area contributed by atoms with E-state index in [-0.39, 0.29) is 35.7 Å². The van der Waals surface area contributed by atoms with Crippen LogP contribution in [0, 0.1) is 11.8 Å². The van der Waals surface area contributed by atoms with E-state index in [4.69, 9.17) is 28.9 Å². The molecule has 2 aromatic heterocycles. The fourth-order valence-corrected chi connectivity index (χ4v) is 9.21. The minimum Gasteiger partial charge on any atom is -0.453 e. The number of carbonyl (C=O) groups excluding carboxylic acids is 4. The Bertz CT molecular complexity index is 1960. The molecule has 16 nitrogen and oxygen atoms in total. The molecule has 4 fully saturated rings. The number of H-pyrrole nitrogens is 2. The minimum atomic E-state index is -0.685. The molecule has 4 aromatic rings. The summed E-state index contributed by atoms with van der Waals surface area (Å²) >= 11 is 0. The minimum absolute atomic E-state index is 0.0284. The van der Waals surface area contributed by atoms with Crippen molar-refractivity contribution in [3.8, 4) is 33.6 Å². The number of aromatic amines is 2. The summed E-state index contributed by atoms with van der Waals surface area (Å²) in [4.78, 5) is 72.5.